The Balaban J connectivity index is 1.95. The van der Waals surface area contributed by atoms with Gasteiger partial charge in [-0.1, -0.05) is 0 Å². The van der Waals surface area contributed by atoms with Crippen molar-refractivity contribution in [2.24, 2.45) is 7.05 Å². The minimum Gasteiger partial charge on any atom is -0.342 e. The number of hydrogen-bond donors (Lipinski definition) is 1. The van der Waals surface area contributed by atoms with Gasteiger partial charge in [-0.15, -0.1) is 0 Å². The molecule has 1 aliphatic rings. The number of nitrogens with one attached hydrogen (secondary N) is 1. The van der Waals surface area contributed by atoms with E-state index in [0.717, 1.165) is 17.3 Å². The zero-order valence-corrected chi connectivity index (χ0v) is 8.07. The molecule has 0 saturated heterocycles. The molecule has 1 N–H and O–H groups in total. The van der Waals surface area contributed by atoms with Gasteiger partial charge in [-0.3, -0.25) is 4.68 Å². The summed E-state index contributed by atoms with van der Waals surface area (Å²) in [5, 5.41) is 4.12. The molecule has 4 nitrogen and oxygen atoms in total. The van der Waals surface area contributed by atoms with E-state index in [-0.39, 0.29) is 0 Å². The average molecular weight is 188 g/mol. The van der Waals surface area contributed by atoms with Gasteiger partial charge in [-0.05, 0) is 12.8 Å². The van der Waals surface area contributed by atoms with Crippen LogP contribution in [0.4, 0.5) is 0 Å². The summed E-state index contributed by atoms with van der Waals surface area (Å²) in [6, 6.07) is 0. The maximum absolute atomic E-state index is 4.35. The van der Waals surface area contributed by atoms with Crippen molar-refractivity contribution >= 4 is 0 Å². The molecule has 1 fully saturated rings. The predicted octanol–water partition coefficient (Wildman–Crippen LogP) is 1.69. The molecule has 1 saturated carbocycles. The van der Waals surface area contributed by atoms with Gasteiger partial charge in [0.1, 0.15) is 5.82 Å². The van der Waals surface area contributed by atoms with E-state index in [0.29, 0.717) is 0 Å². The third-order valence-electron chi connectivity index (χ3n) is 2.59. The summed E-state index contributed by atoms with van der Waals surface area (Å²) in [4.78, 5) is 7.69. The highest BCUT2D eigenvalue weighted by atomic mass is 15.2. The Bertz CT molecular complexity index is 450. The average Bonchev–Trinajstić information content (AvgIpc) is 2.76. The van der Waals surface area contributed by atoms with Crippen molar-refractivity contribution in [3.63, 3.8) is 0 Å². The summed E-state index contributed by atoms with van der Waals surface area (Å²) in [6.45, 7) is 0. The van der Waals surface area contributed by atoms with Gasteiger partial charge in [-0.2, -0.15) is 5.10 Å². The predicted molar refractivity (Wildman–Crippen MR) is 52.8 cm³/mol. The smallest absolute Gasteiger partial charge is 0.140 e. The van der Waals surface area contributed by atoms with Crippen molar-refractivity contribution in [3.8, 4) is 11.4 Å². The van der Waals surface area contributed by atoms with E-state index in [1.165, 1.54) is 18.5 Å². The third kappa shape index (κ3) is 1.23. The first-order valence-electron chi connectivity index (χ1n) is 4.87. The summed E-state index contributed by atoms with van der Waals surface area (Å²) in [5.74, 6) is 1.66. The zero-order chi connectivity index (χ0) is 9.54. The van der Waals surface area contributed by atoms with Crippen LogP contribution in [0.3, 0.4) is 0 Å². The van der Waals surface area contributed by atoms with Crippen LogP contribution in [0.5, 0.6) is 0 Å². The van der Waals surface area contributed by atoms with E-state index in [4.69, 9.17) is 0 Å². The quantitative estimate of drug-likeness (QED) is 0.779. The van der Waals surface area contributed by atoms with E-state index < -0.39 is 0 Å². The minimum absolute atomic E-state index is 0.730. The van der Waals surface area contributed by atoms with Gasteiger partial charge >= 0.3 is 0 Å². The minimum atomic E-state index is 0.730. The second-order valence-corrected chi connectivity index (χ2v) is 3.86. The molecule has 3 rings (SSSR count). The van der Waals surface area contributed by atoms with Gasteiger partial charge in [0.05, 0.1) is 11.8 Å². The monoisotopic (exact) mass is 188 g/mol. The van der Waals surface area contributed by atoms with Crippen LogP contribution in [0.15, 0.2) is 18.6 Å². The highest BCUT2D eigenvalue weighted by Gasteiger charge is 2.25. The number of aryl methyl sites for hydroxylation is 1. The van der Waals surface area contributed by atoms with E-state index in [9.17, 15) is 0 Å². The van der Waals surface area contributed by atoms with Crippen molar-refractivity contribution < 1.29 is 0 Å². The number of rotatable bonds is 2. The van der Waals surface area contributed by atoms with Crippen molar-refractivity contribution in [3.05, 3.63) is 24.3 Å². The largest absolute Gasteiger partial charge is 0.342 e. The third-order valence-corrected chi connectivity index (χ3v) is 2.59. The maximum atomic E-state index is 4.35. The lowest BCUT2D eigenvalue weighted by molar-refractivity contribution is 0.768. The molecule has 0 spiro atoms. The number of imidazole rings is 1. The molecule has 0 radical (unpaired) electrons. The van der Waals surface area contributed by atoms with E-state index in [2.05, 4.69) is 15.1 Å². The first kappa shape index (κ1) is 7.79. The summed E-state index contributed by atoms with van der Waals surface area (Å²) in [7, 11) is 1.91. The van der Waals surface area contributed by atoms with Crippen molar-refractivity contribution in [2.75, 3.05) is 0 Å². The molecule has 0 aromatic carbocycles. The van der Waals surface area contributed by atoms with Crippen LogP contribution in [0.25, 0.3) is 11.4 Å². The van der Waals surface area contributed by atoms with Crippen molar-refractivity contribution in [1.82, 2.24) is 19.7 Å². The molecule has 0 bridgehead atoms. The Morgan fingerprint density at radius 3 is 2.93 bits per heavy atom. The fourth-order valence-electron chi connectivity index (χ4n) is 1.63. The molecular formula is C10H12N4. The van der Waals surface area contributed by atoms with E-state index in [1.54, 1.807) is 4.68 Å². The summed E-state index contributed by atoms with van der Waals surface area (Å²) in [6.07, 6.45) is 8.34. The topological polar surface area (TPSA) is 46.5 Å². The van der Waals surface area contributed by atoms with Gasteiger partial charge in [-0.25, -0.2) is 4.98 Å². The van der Waals surface area contributed by atoms with Crippen LogP contribution >= 0.6 is 0 Å². The highest BCUT2D eigenvalue weighted by Crippen LogP contribution is 2.39. The molecule has 2 aromatic heterocycles. The first-order chi connectivity index (χ1) is 6.83. The Kier molecular flexibility index (Phi) is 1.50. The lowest BCUT2D eigenvalue weighted by Gasteiger charge is -1.90. The molecule has 0 atom stereocenters. The van der Waals surface area contributed by atoms with Crippen LogP contribution in [0, 0.1) is 0 Å². The maximum Gasteiger partial charge on any atom is 0.140 e. The fourth-order valence-corrected chi connectivity index (χ4v) is 1.63. The molecular weight excluding hydrogens is 176 g/mol. The lowest BCUT2D eigenvalue weighted by atomic mass is 10.3. The fraction of sp³-hybridized carbons (Fsp3) is 0.400. The molecule has 2 heterocycles. The van der Waals surface area contributed by atoms with Crippen LogP contribution in [0.1, 0.15) is 24.5 Å². The molecule has 0 unspecified atom stereocenters. The van der Waals surface area contributed by atoms with Gasteiger partial charge < -0.3 is 4.98 Å². The Labute approximate surface area is 82.0 Å². The number of H-pyrrole nitrogens is 1. The van der Waals surface area contributed by atoms with Crippen LogP contribution in [-0.2, 0) is 7.05 Å². The molecule has 0 amide bonds. The molecule has 0 aliphatic heterocycles. The Morgan fingerprint density at radius 2 is 2.29 bits per heavy atom. The second-order valence-electron chi connectivity index (χ2n) is 3.86. The normalized spacial score (nSPS) is 16.1. The number of hydrogen-bond acceptors (Lipinski definition) is 2. The zero-order valence-electron chi connectivity index (χ0n) is 8.07. The van der Waals surface area contributed by atoms with Crippen LogP contribution in [-0.4, -0.2) is 19.7 Å². The highest BCUT2D eigenvalue weighted by molar-refractivity contribution is 5.52. The molecule has 4 heteroatoms. The van der Waals surface area contributed by atoms with Crippen molar-refractivity contribution in [2.45, 2.75) is 18.8 Å². The number of nitrogens with zero attached hydrogens (tertiary/aromatic N) is 3. The number of aromatic nitrogens is 4. The lowest BCUT2D eigenvalue weighted by Crippen LogP contribution is -1.84. The van der Waals surface area contributed by atoms with Gasteiger partial charge in [0, 0.05) is 31.1 Å². The van der Waals surface area contributed by atoms with Crippen LogP contribution < -0.4 is 0 Å². The SMILES string of the molecule is Cn1cc(-c2ncc(C3CC3)[nH]2)cn1. The van der Waals surface area contributed by atoms with Gasteiger partial charge in [0.15, 0.2) is 0 Å². The Morgan fingerprint density at radius 1 is 1.43 bits per heavy atom. The van der Waals surface area contributed by atoms with Crippen molar-refractivity contribution in [1.29, 1.82) is 0 Å². The van der Waals surface area contributed by atoms with Gasteiger partial charge in [0.2, 0.25) is 0 Å². The second kappa shape index (κ2) is 2.70. The Hall–Kier alpha value is -1.58. The molecule has 1 aliphatic carbocycles. The standard InChI is InChI=1S/C10H12N4/c1-14-6-8(4-12-14)10-11-5-9(13-10)7-2-3-7/h4-7H,2-3H2,1H3,(H,11,13). The first-order valence-corrected chi connectivity index (χ1v) is 4.87. The summed E-state index contributed by atoms with van der Waals surface area (Å²) < 4.78 is 1.79. The van der Waals surface area contributed by atoms with E-state index in [1.807, 2.05) is 25.6 Å². The molecule has 72 valence electrons. The molecule has 2 aromatic rings. The summed E-state index contributed by atoms with van der Waals surface area (Å²) >= 11 is 0. The molecule has 14 heavy (non-hydrogen) atoms. The van der Waals surface area contributed by atoms with Gasteiger partial charge in [0.25, 0.3) is 0 Å². The summed E-state index contributed by atoms with van der Waals surface area (Å²) in [5.41, 5.74) is 2.32. The van der Waals surface area contributed by atoms with E-state index >= 15 is 0 Å². The number of aromatic amines is 1. The van der Waals surface area contributed by atoms with Crippen LogP contribution in [0.2, 0.25) is 0 Å².